The van der Waals surface area contributed by atoms with Gasteiger partial charge in [-0.3, -0.25) is 4.79 Å². The van der Waals surface area contributed by atoms with Crippen LogP contribution in [0.4, 0.5) is 0 Å². The van der Waals surface area contributed by atoms with Gasteiger partial charge in [-0.25, -0.2) is 9.78 Å². The maximum absolute atomic E-state index is 12.5. The van der Waals surface area contributed by atoms with Gasteiger partial charge in [-0.1, -0.05) is 50.6 Å². The Kier molecular flexibility index (Phi) is 8.53. The van der Waals surface area contributed by atoms with Crippen LogP contribution in [0.2, 0.25) is 0 Å². The standard InChI is InChI=1S/C20H27N3O4S/c1-4-13(2)17(21)19-23-15(10-27-19)18(24)22-16(20(25)26-3)12-28-11-14-8-6-5-7-9-14/h5-10,13,16-17H,4,11-12,21H2,1-3H3,(H,22,24). The number of methoxy groups -OCH3 is 1. The maximum Gasteiger partial charge on any atom is 0.329 e. The SMILES string of the molecule is CCC(C)C(N)c1nc(C(=O)NC(CSCc2ccccc2)C(=O)OC)co1. The number of nitrogens with zero attached hydrogens (tertiary/aromatic N) is 1. The summed E-state index contributed by atoms with van der Waals surface area (Å²) < 4.78 is 10.2. The van der Waals surface area contributed by atoms with Crippen LogP contribution in [-0.4, -0.2) is 35.8 Å². The summed E-state index contributed by atoms with van der Waals surface area (Å²) in [5, 5.41) is 2.67. The van der Waals surface area contributed by atoms with Gasteiger partial charge < -0.3 is 20.2 Å². The van der Waals surface area contributed by atoms with Crippen molar-refractivity contribution >= 4 is 23.6 Å². The molecular weight excluding hydrogens is 378 g/mol. The highest BCUT2D eigenvalue weighted by atomic mass is 32.2. The van der Waals surface area contributed by atoms with Crippen LogP contribution in [0, 0.1) is 5.92 Å². The Hall–Kier alpha value is -2.32. The first-order valence-corrected chi connectivity index (χ1v) is 10.3. The van der Waals surface area contributed by atoms with Gasteiger partial charge >= 0.3 is 5.97 Å². The van der Waals surface area contributed by atoms with Crippen LogP contribution in [-0.2, 0) is 15.3 Å². The minimum Gasteiger partial charge on any atom is -0.467 e. The molecule has 0 aliphatic rings. The average molecular weight is 406 g/mol. The lowest BCUT2D eigenvalue weighted by molar-refractivity contribution is -0.142. The summed E-state index contributed by atoms with van der Waals surface area (Å²) in [4.78, 5) is 28.7. The Morgan fingerprint density at radius 3 is 2.68 bits per heavy atom. The summed E-state index contributed by atoms with van der Waals surface area (Å²) in [5.41, 5.74) is 7.32. The number of nitrogens with two attached hydrogens (primary N) is 1. The molecule has 0 spiro atoms. The molecule has 2 aromatic rings. The van der Waals surface area contributed by atoms with E-state index in [4.69, 9.17) is 14.9 Å². The van der Waals surface area contributed by atoms with Crippen LogP contribution >= 0.6 is 11.8 Å². The zero-order chi connectivity index (χ0) is 20.5. The number of carbonyl (C=O) groups excluding carboxylic acids is 2. The lowest BCUT2D eigenvalue weighted by atomic mass is 10.0. The zero-order valence-corrected chi connectivity index (χ0v) is 17.2. The molecule has 0 bridgehead atoms. The number of amides is 1. The van der Waals surface area contributed by atoms with Crippen molar-refractivity contribution in [2.75, 3.05) is 12.9 Å². The number of aromatic nitrogens is 1. The van der Waals surface area contributed by atoms with Gasteiger partial charge in [0.05, 0.1) is 13.2 Å². The van der Waals surface area contributed by atoms with E-state index >= 15 is 0 Å². The maximum atomic E-state index is 12.5. The number of carbonyl (C=O) groups is 2. The monoisotopic (exact) mass is 405 g/mol. The molecule has 152 valence electrons. The van der Waals surface area contributed by atoms with Gasteiger partial charge in [0.15, 0.2) is 5.69 Å². The van der Waals surface area contributed by atoms with Crippen LogP contribution in [0.25, 0.3) is 0 Å². The van der Waals surface area contributed by atoms with E-state index in [1.54, 1.807) is 0 Å². The third-order valence-electron chi connectivity index (χ3n) is 4.48. The second-order valence-corrected chi connectivity index (χ2v) is 7.56. The molecule has 1 aromatic carbocycles. The molecular formula is C20H27N3O4S. The number of rotatable bonds is 10. The molecule has 0 saturated carbocycles. The molecule has 7 nitrogen and oxygen atoms in total. The first-order chi connectivity index (χ1) is 13.5. The van der Waals surface area contributed by atoms with Crippen LogP contribution in [0.5, 0.6) is 0 Å². The fourth-order valence-electron chi connectivity index (χ4n) is 2.45. The summed E-state index contributed by atoms with van der Waals surface area (Å²) in [6.07, 6.45) is 2.13. The number of hydrogen-bond acceptors (Lipinski definition) is 7. The Bertz CT molecular complexity index is 766. The van der Waals surface area contributed by atoms with Crippen molar-refractivity contribution in [2.45, 2.75) is 38.1 Å². The third-order valence-corrected chi connectivity index (χ3v) is 5.59. The van der Waals surface area contributed by atoms with Crippen LogP contribution in [0.1, 0.15) is 48.3 Å². The highest BCUT2D eigenvalue weighted by molar-refractivity contribution is 7.98. The van der Waals surface area contributed by atoms with Crippen molar-refractivity contribution in [3.8, 4) is 0 Å². The fraction of sp³-hybridized carbons (Fsp3) is 0.450. The quantitative estimate of drug-likeness (QED) is 0.585. The molecule has 0 aliphatic carbocycles. The molecule has 28 heavy (non-hydrogen) atoms. The number of esters is 1. The van der Waals surface area contributed by atoms with E-state index in [1.165, 1.54) is 25.1 Å². The third kappa shape index (κ3) is 6.10. The minimum atomic E-state index is -0.783. The number of oxazole rings is 1. The van der Waals surface area contributed by atoms with Gasteiger partial charge in [-0.05, 0) is 11.5 Å². The van der Waals surface area contributed by atoms with E-state index in [1.807, 2.05) is 44.2 Å². The highest BCUT2D eigenvalue weighted by Crippen LogP contribution is 2.21. The van der Waals surface area contributed by atoms with E-state index in [2.05, 4.69) is 10.3 Å². The van der Waals surface area contributed by atoms with Gasteiger partial charge in [-0.15, -0.1) is 0 Å². The average Bonchev–Trinajstić information content (AvgIpc) is 3.22. The number of benzene rings is 1. The minimum absolute atomic E-state index is 0.0933. The second kappa shape index (κ2) is 10.9. The summed E-state index contributed by atoms with van der Waals surface area (Å²) in [5.74, 6) is 0.585. The summed E-state index contributed by atoms with van der Waals surface area (Å²) in [6, 6.07) is 8.72. The largest absolute Gasteiger partial charge is 0.467 e. The molecule has 3 N–H and O–H groups in total. The van der Waals surface area contributed by atoms with Gasteiger partial charge in [0.1, 0.15) is 12.3 Å². The van der Waals surface area contributed by atoms with E-state index in [0.29, 0.717) is 11.6 Å². The molecule has 1 heterocycles. The molecule has 0 aliphatic heterocycles. The van der Waals surface area contributed by atoms with Crippen molar-refractivity contribution in [1.29, 1.82) is 0 Å². The molecule has 0 radical (unpaired) electrons. The Balaban J connectivity index is 1.96. The predicted molar refractivity (Wildman–Crippen MR) is 109 cm³/mol. The predicted octanol–water partition coefficient (Wildman–Crippen LogP) is 2.93. The normalized spacial score (nSPS) is 14.1. The molecule has 0 fully saturated rings. The van der Waals surface area contributed by atoms with E-state index in [-0.39, 0.29) is 17.7 Å². The Labute approximate surface area is 169 Å². The molecule has 1 aromatic heterocycles. The first kappa shape index (κ1) is 22.0. The highest BCUT2D eigenvalue weighted by Gasteiger charge is 2.25. The lowest BCUT2D eigenvalue weighted by Gasteiger charge is -2.15. The summed E-state index contributed by atoms with van der Waals surface area (Å²) >= 11 is 1.53. The topological polar surface area (TPSA) is 107 Å². The smallest absolute Gasteiger partial charge is 0.329 e. The summed E-state index contributed by atoms with van der Waals surface area (Å²) in [7, 11) is 1.29. The van der Waals surface area contributed by atoms with Gasteiger partial charge in [0.25, 0.3) is 5.91 Å². The molecule has 1 amide bonds. The molecule has 3 atom stereocenters. The summed E-state index contributed by atoms with van der Waals surface area (Å²) in [6.45, 7) is 4.01. The lowest BCUT2D eigenvalue weighted by Crippen LogP contribution is -2.43. The number of nitrogens with one attached hydrogen (secondary N) is 1. The Morgan fingerprint density at radius 2 is 2.04 bits per heavy atom. The van der Waals surface area contributed by atoms with Crippen LogP contribution in [0.15, 0.2) is 41.0 Å². The first-order valence-electron chi connectivity index (χ1n) is 9.17. The van der Waals surface area contributed by atoms with Crippen molar-refractivity contribution in [1.82, 2.24) is 10.3 Å². The molecule has 0 saturated heterocycles. The van der Waals surface area contributed by atoms with Crippen LogP contribution < -0.4 is 11.1 Å². The van der Waals surface area contributed by atoms with Crippen molar-refractivity contribution < 1.29 is 18.7 Å². The van der Waals surface area contributed by atoms with Crippen molar-refractivity contribution in [2.24, 2.45) is 11.7 Å². The zero-order valence-electron chi connectivity index (χ0n) is 16.4. The molecule has 2 rings (SSSR count). The van der Waals surface area contributed by atoms with Gasteiger partial charge in [-0.2, -0.15) is 11.8 Å². The number of hydrogen-bond donors (Lipinski definition) is 2. The van der Waals surface area contributed by atoms with Gasteiger partial charge in [0, 0.05) is 11.5 Å². The van der Waals surface area contributed by atoms with Crippen molar-refractivity contribution in [3.05, 3.63) is 53.7 Å². The molecule has 3 unspecified atom stereocenters. The number of ether oxygens (including phenoxy) is 1. The van der Waals surface area contributed by atoms with E-state index in [0.717, 1.165) is 17.7 Å². The molecule has 8 heteroatoms. The fourth-order valence-corrected chi connectivity index (χ4v) is 3.46. The van der Waals surface area contributed by atoms with E-state index in [9.17, 15) is 9.59 Å². The van der Waals surface area contributed by atoms with Crippen molar-refractivity contribution in [3.63, 3.8) is 0 Å². The van der Waals surface area contributed by atoms with Gasteiger partial charge in [0.2, 0.25) is 5.89 Å². The Morgan fingerprint density at radius 1 is 1.32 bits per heavy atom. The number of thioether (sulfide) groups is 1. The second-order valence-electron chi connectivity index (χ2n) is 6.53. The van der Waals surface area contributed by atoms with Crippen LogP contribution in [0.3, 0.4) is 0 Å². The van der Waals surface area contributed by atoms with E-state index < -0.39 is 17.9 Å².